The van der Waals surface area contributed by atoms with Gasteiger partial charge in [0.25, 0.3) is 0 Å². The number of likely N-dealkylation sites (tertiary alicyclic amines) is 1. The fourth-order valence-electron chi connectivity index (χ4n) is 7.99. The second kappa shape index (κ2) is 14.4. The van der Waals surface area contributed by atoms with Crippen LogP contribution in [0.2, 0.25) is 0 Å². The maximum atomic E-state index is 15.0. The van der Waals surface area contributed by atoms with E-state index in [1.807, 2.05) is 67.4 Å². The molecule has 9 atom stereocenters. The first-order valence-electron chi connectivity index (χ1n) is 16.8. The number of Topliss-reactive ketones (excluding diaryl/α,β-unsaturated/α-hetero) is 1. The molecule has 1 unspecified atom stereocenters. The van der Waals surface area contributed by atoms with Crippen molar-refractivity contribution in [2.24, 2.45) is 5.92 Å². The first kappa shape index (κ1) is 34.8. The minimum Gasteiger partial charge on any atom is -0.490 e. The van der Waals surface area contributed by atoms with E-state index >= 15 is 0 Å². The first-order valence-corrected chi connectivity index (χ1v) is 16.8. The molecule has 12 nitrogen and oxygen atoms in total. The average molecular weight is 677 g/mol. The van der Waals surface area contributed by atoms with E-state index in [9.17, 15) is 19.2 Å². The van der Waals surface area contributed by atoms with Crippen molar-refractivity contribution in [3.05, 3.63) is 72.3 Å². The summed E-state index contributed by atoms with van der Waals surface area (Å²) in [5.74, 6) is -2.38. The first-order chi connectivity index (χ1) is 23.6. The Morgan fingerprint density at radius 2 is 1.76 bits per heavy atom. The van der Waals surface area contributed by atoms with E-state index in [0.717, 1.165) is 12.0 Å². The third-order valence-corrected chi connectivity index (χ3v) is 9.90. The molecule has 3 saturated heterocycles. The highest BCUT2D eigenvalue weighted by atomic mass is 16.7. The van der Waals surface area contributed by atoms with Crippen LogP contribution in [0.5, 0.6) is 5.75 Å². The molecular weight excluding hydrogens is 632 g/mol. The van der Waals surface area contributed by atoms with Crippen LogP contribution in [0.1, 0.15) is 57.1 Å². The number of carbonyl (C=O) groups excluding carboxylic acids is 4. The van der Waals surface area contributed by atoms with Gasteiger partial charge in [-0.05, 0) is 37.2 Å². The molecule has 4 aliphatic heterocycles. The predicted octanol–water partition coefficient (Wildman–Crippen LogP) is 3.88. The summed E-state index contributed by atoms with van der Waals surface area (Å²) in [7, 11) is 1.85. The Labute approximate surface area is 286 Å². The third kappa shape index (κ3) is 6.50. The van der Waals surface area contributed by atoms with E-state index in [0.29, 0.717) is 36.6 Å². The lowest BCUT2D eigenvalue weighted by Crippen LogP contribution is -2.65. The highest BCUT2D eigenvalue weighted by molar-refractivity contribution is 6.09. The van der Waals surface area contributed by atoms with Gasteiger partial charge in [-0.25, -0.2) is 0 Å². The topological polar surface area (TPSA) is 139 Å². The van der Waals surface area contributed by atoms with Crippen molar-refractivity contribution >= 4 is 29.3 Å². The van der Waals surface area contributed by atoms with Crippen LogP contribution in [0, 0.1) is 5.92 Å². The minimum absolute atomic E-state index is 0.138. The highest BCUT2D eigenvalue weighted by Gasteiger charge is 2.65. The van der Waals surface area contributed by atoms with Crippen molar-refractivity contribution in [3.63, 3.8) is 0 Å². The van der Waals surface area contributed by atoms with Gasteiger partial charge >= 0.3 is 11.9 Å². The molecule has 1 amide bonds. The van der Waals surface area contributed by atoms with Crippen LogP contribution < -0.4 is 10.1 Å². The Balaban J connectivity index is 1.38. The van der Waals surface area contributed by atoms with Gasteiger partial charge < -0.3 is 33.7 Å². The van der Waals surface area contributed by atoms with Crippen LogP contribution in [0.4, 0.5) is 5.69 Å². The molecule has 0 bridgehead atoms. The largest absolute Gasteiger partial charge is 0.490 e. The molecule has 262 valence electrons. The van der Waals surface area contributed by atoms with Gasteiger partial charge in [-0.3, -0.25) is 24.1 Å². The normalized spacial score (nSPS) is 32.1. The van der Waals surface area contributed by atoms with E-state index in [-0.39, 0.29) is 24.7 Å². The summed E-state index contributed by atoms with van der Waals surface area (Å²) in [4.78, 5) is 55.9. The summed E-state index contributed by atoms with van der Waals surface area (Å²) >= 11 is 0. The fraction of sp³-hybridized carbons (Fsp3) is 0.514. The molecule has 1 N–H and O–H groups in total. The van der Waals surface area contributed by atoms with Crippen LogP contribution >= 0.6 is 0 Å². The number of para-hydroxylation sites is 1. The molecule has 6 rings (SSSR count). The molecule has 4 aliphatic rings. The van der Waals surface area contributed by atoms with E-state index < -0.39 is 66.1 Å². The maximum absolute atomic E-state index is 15.0. The van der Waals surface area contributed by atoms with Gasteiger partial charge in [0.15, 0.2) is 18.5 Å². The summed E-state index contributed by atoms with van der Waals surface area (Å²) in [5.41, 5.74) is 0.905. The third-order valence-electron chi connectivity index (χ3n) is 9.90. The number of likely N-dealkylation sites (N-methyl/N-ethyl adjacent to an activating group) is 1. The van der Waals surface area contributed by atoms with Crippen LogP contribution in [0.25, 0.3) is 0 Å². The average Bonchev–Trinajstić information content (AvgIpc) is 3.55. The number of ether oxygens (including phenoxy) is 6. The van der Waals surface area contributed by atoms with E-state index in [2.05, 4.69) is 11.9 Å². The second-order valence-electron chi connectivity index (χ2n) is 13.1. The molecule has 12 heteroatoms. The molecule has 0 aromatic heterocycles. The Morgan fingerprint density at radius 1 is 1.04 bits per heavy atom. The van der Waals surface area contributed by atoms with E-state index in [1.54, 1.807) is 6.08 Å². The van der Waals surface area contributed by atoms with Crippen LogP contribution in [-0.4, -0.2) is 92.1 Å². The molecule has 0 saturated carbocycles. The van der Waals surface area contributed by atoms with Crippen molar-refractivity contribution in [2.75, 3.05) is 32.1 Å². The highest BCUT2D eigenvalue weighted by Crippen LogP contribution is 2.55. The molecule has 49 heavy (non-hydrogen) atoms. The Hall–Kier alpha value is -4.10. The number of nitrogens with zero attached hydrogens (tertiary/aromatic N) is 1. The quantitative estimate of drug-likeness (QED) is 0.274. The summed E-state index contributed by atoms with van der Waals surface area (Å²) in [6, 6.07) is 14.9. The molecule has 2 aromatic carbocycles. The number of esters is 2. The van der Waals surface area contributed by atoms with Crippen molar-refractivity contribution in [1.82, 2.24) is 4.90 Å². The van der Waals surface area contributed by atoms with Gasteiger partial charge in [0.05, 0.1) is 12.5 Å². The smallest absolute Gasteiger partial charge is 0.303 e. The summed E-state index contributed by atoms with van der Waals surface area (Å²) in [5, 5.41) is 3.02. The van der Waals surface area contributed by atoms with E-state index in [1.165, 1.54) is 13.8 Å². The summed E-state index contributed by atoms with van der Waals surface area (Å²) < 4.78 is 35.8. The SMILES string of the molecule is C=CCOc1ccc([C@H]2CN(C)[C@@]3(C(=O)Nc4ccccc43)[C@@H]2C(=O)C[C@@H]2O[C@@H]3COC(CCC)O[C@H]3[C@H](OC(C)=O)[C@H]2OC(C)=O)cc1. The molecule has 0 aliphatic carbocycles. The molecule has 1 spiro atoms. The Bertz CT molecular complexity index is 1580. The van der Waals surface area contributed by atoms with Crippen LogP contribution in [0.15, 0.2) is 61.2 Å². The lowest BCUT2D eigenvalue weighted by molar-refractivity contribution is -0.327. The lowest BCUT2D eigenvalue weighted by Gasteiger charge is -2.48. The standard InChI is InChI=1S/C37H44N2O10/c1-6-10-31-45-20-30-34(49-31)35(47-22(4)41)33(46-21(3)40)29(48-30)18-28(42)32-25(23-13-15-24(16-14-23)44-17-7-2)19-39(5)37(32)26-11-8-9-12-27(26)38-36(37)43/h7-9,11-16,25,29-35H,2,6,10,17-20H2,1,3-5H3,(H,38,43)/t25-,29+,30-,31?,32+,33+,34-,35-,37-/m1/s1. The number of benzene rings is 2. The molecule has 0 radical (unpaired) electrons. The zero-order chi connectivity index (χ0) is 34.9. The van der Waals surface area contributed by atoms with Gasteiger partial charge in [0, 0.05) is 44.0 Å². The zero-order valence-electron chi connectivity index (χ0n) is 28.3. The second-order valence-corrected chi connectivity index (χ2v) is 13.1. The van der Waals surface area contributed by atoms with Crippen molar-refractivity contribution in [3.8, 4) is 5.75 Å². The number of amides is 1. The van der Waals surface area contributed by atoms with Gasteiger partial charge in [-0.1, -0.05) is 56.3 Å². The number of ketones is 1. The Kier molecular flexibility index (Phi) is 10.2. The van der Waals surface area contributed by atoms with Crippen molar-refractivity contribution in [2.45, 2.75) is 88.3 Å². The zero-order valence-corrected chi connectivity index (χ0v) is 28.3. The number of hydrogen-bond donors (Lipinski definition) is 1. The molecular formula is C37H44N2O10. The minimum atomic E-state index is -1.32. The number of rotatable bonds is 11. The predicted molar refractivity (Wildman–Crippen MR) is 177 cm³/mol. The molecule has 3 fully saturated rings. The van der Waals surface area contributed by atoms with Gasteiger partial charge in [-0.15, -0.1) is 0 Å². The van der Waals surface area contributed by atoms with Crippen molar-refractivity contribution in [1.29, 1.82) is 0 Å². The monoisotopic (exact) mass is 676 g/mol. The van der Waals surface area contributed by atoms with Crippen LogP contribution in [-0.2, 0) is 48.4 Å². The van der Waals surface area contributed by atoms with Gasteiger partial charge in [0.2, 0.25) is 5.91 Å². The Morgan fingerprint density at radius 3 is 2.45 bits per heavy atom. The van der Waals surface area contributed by atoms with E-state index in [4.69, 9.17) is 28.4 Å². The number of fused-ring (bicyclic) bond motifs is 3. The fourth-order valence-corrected chi connectivity index (χ4v) is 7.99. The number of hydrogen-bond acceptors (Lipinski definition) is 11. The van der Waals surface area contributed by atoms with Gasteiger partial charge in [0.1, 0.15) is 42.0 Å². The van der Waals surface area contributed by atoms with Crippen molar-refractivity contribution < 1.29 is 47.6 Å². The number of carbonyl (C=O) groups is 4. The van der Waals surface area contributed by atoms with Gasteiger partial charge in [-0.2, -0.15) is 0 Å². The lowest BCUT2D eigenvalue weighted by atomic mass is 9.70. The molecule has 4 heterocycles. The summed E-state index contributed by atoms with van der Waals surface area (Å²) in [6.07, 6.45) is -2.40. The maximum Gasteiger partial charge on any atom is 0.303 e. The summed E-state index contributed by atoms with van der Waals surface area (Å²) in [6.45, 7) is 9.11. The van der Waals surface area contributed by atoms with Crippen LogP contribution in [0.3, 0.4) is 0 Å². The molecule has 2 aromatic rings. The number of nitrogens with one attached hydrogen (secondary N) is 1. The number of anilines is 1.